The van der Waals surface area contributed by atoms with Gasteiger partial charge in [-0.1, -0.05) is 36.4 Å². The Balaban J connectivity index is 2.15. The molecule has 1 heterocycles. The van der Waals surface area contributed by atoms with Crippen molar-refractivity contribution in [3.63, 3.8) is 0 Å². The van der Waals surface area contributed by atoms with E-state index in [1.807, 2.05) is 0 Å². The molecule has 2 aromatic rings. The number of hydrogen-bond acceptors (Lipinski definition) is 2. The summed E-state index contributed by atoms with van der Waals surface area (Å²) >= 11 is 0. The van der Waals surface area contributed by atoms with Crippen molar-refractivity contribution in [2.75, 3.05) is 11.4 Å². The minimum Gasteiger partial charge on any atom is -0.341 e. The van der Waals surface area contributed by atoms with Crippen molar-refractivity contribution in [1.82, 2.24) is 0 Å². The molecule has 0 spiro atoms. The summed E-state index contributed by atoms with van der Waals surface area (Å²) in [6, 6.07) is 15.2. The zero-order chi connectivity index (χ0) is 13.9. The quantitative estimate of drug-likeness (QED) is 0.892. The number of hydrogen-bond donors (Lipinski definition) is 1. The van der Waals surface area contributed by atoms with Crippen molar-refractivity contribution in [2.24, 2.45) is 5.73 Å². The van der Waals surface area contributed by atoms with Gasteiger partial charge in [-0.2, -0.15) is 0 Å². The van der Waals surface area contributed by atoms with Gasteiger partial charge >= 0.3 is 0 Å². The molecule has 1 aliphatic rings. The van der Waals surface area contributed by atoms with Crippen molar-refractivity contribution in [2.45, 2.75) is 32.7 Å². The van der Waals surface area contributed by atoms with E-state index < -0.39 is 0 Å². The lowest BCUT2D eigenvalue weighted by atomic mass is 10.0. The maximum absolute atomic E-state index is 5.96. The molecule has 2 aromatic carbocycles. The van der Waals surface area contributed by atoms with Crippen LogP contribution in [0.1, 0.15) is 29.5 Å². The highest BCUT2D eigenvalue weighted by molar-refractivity contribution is 5.72. The molecule has 0 aliphatic carbocycles. The summed E-state index contributed by atoms with van der Waals surface area (Å²) in [5, 5.41) is 0. The van der Waals surface area contributed by atoms with E-state index in [9.17, 15) is 0 Å². The molecule has 0 bridgehead atoms. The van der Waals surface area contributed by atoms with Crippen LogP contribution in [-0.2, 0) is 13.0 Å². The van der Waals surface area contributed by atoms with E-state index >= 15 is 0 Å². The maximum atomic E-state index is 5.96. The SMILES string of the molecule is Cc1cccc(CN)c1N1CCCCc2ccccc21. The number of nitrogens with zero attached hydrogens (tertiary/aromatic N) is 1. The monoisotopic (exact) mass is 266 g/mol. The second kappa shape index (κ2) is 5.68. The number of benzene rings is 2. The van der Waals surface area contributed by atoms with Crippen LogP contribution in [0.5, 0.6) is 0 Å². The Labute approximate surface area is 121 Å². The Morgan fingerprint density at radius 2 is 1.90 bits per heavy atom. The lowest BCUT2D eigenvalue weighted by Crippen LogP contribution is -2.21. The van der Waals surface area contributed by atoms with Crippen LogP contribution in [0.3, 0.4) is 0 Å². The molecule has 0 amide bonds. The normalized spacial score (nSPS) is 14.8. The predicted octanol–water partition coefficient (Wildman–Crippen LogP) is 3.93. The third-order valence-corrected chi connectivity index (χ3v) is 4.17. The summed E-state index contributed by atoms with van der Waals surface area (Å²) < 4.78 is 0. The summed E-state index contributed by atoms with van der Waals surface area (Å²) in [6.07, 6.45) is 3.67. The highest BCUT2D eigenvalue weighted by Crippen LogP contribution is 2.36. The first kappa shape index (κ1) is 13.2. The number of para-hydroxylation sites is 2. The number of anilines is 2. The molecule has 0 saturated carbocycles. The summed E-state index contributed by atoms with van der Waals surface area (Å²) in [6.45, 7) is 3.85. The molecule has 0 atom stereocenters. The van der Waals surface area contributed by atoms with Gasteiger partial charge in [0, 0.05) is 24.5 Å². The van der Waals surface area contributed by atoms with E-state index in [1.165, 1.54) is 47.3 Å². The Kier molecular flexibility index (Phi) is 3.75. The molecule has 104 valence electrons. The molecular weight excluding hydrogens is 244 g/mol. The van der Waals surface area contributed by atoms with Gasteiger partial charge in [-0.25, -0.2) is 0 Å². The fraction of sp³-hybridized carbons (Fsp3) is 0.333. The topological polar surface area (TPSA) is 29.3 Å². The Morgan fingerprint density at radius 3 is 2.75 bits per heavy atom. The molecule has 1 aliphatic heterocycles. The van der Waals surface area contributed by atoms with Crippen LogP contribution in [0.2, 0.25) is 0 Å². The lowest BCUT2D eigenvalue weighted by molar-refractivity contribution is 0.759. The fourth-order valence-corrected chi connectivity index (χ4v) is 3.19. The zero-order valence-electron chi connectivity index (χ0n) is 12.1. The minimum absolute atomic E-state index is 0.593. The lowest BCUT2D eigenvalue weighted by Gasteiger charge is -2.29. The van der Waals surface area contributed by atoms with E-state index in [4.69, 9.17) is 5.73 Å². The molecule has 2 N–H and O–H groups in total. The number of nitrogens with two attached hydrogens (primary N) is 1. The van der Waals surface area contributed by atoms with Gasteiger partial charge in [0.05, 0.1) is 0 Å². The Bertz CT molecular complexity index is 604. The Morgan fingerprint density at radius 1 is 1.05 bits per heavy atom. The van der Waals surface area contributed by atoms with Gasteiger partial charge in [0.15, 0.2) is 0 Å². The molecule has 2 nitrogen and oxygen atoms in total. The van der Waals surface area contributed by atoms with Gasteiger partial charge in [0.25, 0.3) is 0 Å². The summed E-state index contributed by atoms with van der Waals surface area (Å²) in [5.74, 6) is 0. The van der Waals surface area contributed by atoms with Crippen molar-refractivity contribution in [3.05, 3.63) is 59.2 Å². The van der Waals surface area contributed by atoms with Gasteiger partial charge in [-0.3, -0.25) is 0 Å². The first-order valence-corrected chi connectivity index (χ1v) is 7.45. The molecular formula is C18H22N2. The van der Waals surface area contributed by atoms with E-state index in [2.05, 4.69) is 54.3 Å². The van der Waals surface area contributed by atoms with Gasteiger partial charge in [-0.15, -0.1) is 0 Å². The first-order chi connectivity index (χ1) is 9.81. The van der Waals surface area contributed by atoms with Crippen LogP contribution < -0.4 is 10.6 Å². The van der Waals surface area contributed by atoms with E-state index in [0.29, 0.717) is 6.54 Å². The highest BCUT2D eigenvalue weighted by Gasteiger charge is 2.19. The number of aryl methyl sites for hydroxylation is 2. The summed E-state index contributed by atoms with van der Waals surface area (Å²) in [5.41, 5.74) is 12.6. The number of fused-ring (bicyclic) bond motifs is 1. The zero-order valence-corrected chi connectivity index (χ0v) is 12.1. The van der Waals surface area contributed by atoms with Crippen molar-refractivity contribution in [3.8, 4) is 0 Å². The molecule has 0 saturated heterocycles. The van der Waals surface area contributed by atoms with Crippen LogP contribution in [0, 0.1) is 6.92 Å². The third kappa shape index (κ3) is 2.32. The van der Waals surface area contributed by atoms with E-state index in [1.54, 1.807) is 0 Å². The van der Waals surface area contributed by atoms with Gasteiger partial charge in [0.1, 0.15) is 0 Å². The molecule has 2 heteroatoms. The van der Waals surface area contributed by atoms with E-state index in [0.717, 1.165) is 6.54 Å². The summed E-state index contributed by atoms with van der Waals surface area (Å²) in [4.78, 5) is 2.47. The average Bonchev–Trinajstić information content (AvgIpc) is 2.69. The molecule has 3 rings (SSSR count). The molecule has 0 radical (unpaired) electrons. The summed E-state index contributed by atoms with van der Waals surface area (Å²) in [7, 11) is 0. The maximum Gasteiger partial charge on any atom is 0.0486 e. The molecule has 0 aromatic heterocycles. The van der Waals surface area contributed by atoms with Crippen molar-refractivity contribution >= 4 is 11.4 Å². The van der Waals surface area contributed by atoms with Crippen molar-refractivity contribution < 1.29 is 0 Å². The van der Waals surface area contributed by atoms with Crippen molar-refractivity contribution in [1.29, 1.82) is 0 Å². The molecule has 0 unspecified atom stereocenters. The Hall–Kier alpha value is -1.80. The fourth-order valence-electron chi connectivity index (χ4n) is 3.19. The standard InChI is InChI=1S/C18H22N2/c1-14-7-6-10-16(13-19)18(14)20-12-5-4-9-15-8-2-3-11-17(15)20/h2-3,6-8,10-11H,4-5,9,12-13,19H2,1H3. The smallest absolute Gasteiger partial charge is 0.0486 e. The van der Waals surface area contributed by atoms with Gasteiger partial charge in [0.2, 0.25) is 0 Å². The number of rotatable bonds is 2. The van der Waals surface area contributed by atoms with Gasteiger partial charge in [-0.05, 0) is 48.9 Å². The largest absolute Gasteiger partial charge is 0.341 e. The second-order valence-electron chi connectivity index (χ2n) is 5.52. The van der Waals surface area contributed by atoms with Crippen LogP contribution in [0.25, 0.3) is 0 Å². The average molecular weight is 266 g/mol. The van der Waals surface area contributed by atoms with Crippen LogP contribution in [-0.4, -0.2) is 6.54 Å². The predicted molar refractivity (Wildman–Crippen MR) is 85.5 cm³/mol. The highest BCUT2D eigenvalue weighted by atomic mass is 15.1. The molecule has 20 heavy (non-hydrogen) atoms. The van der Waals surface area contributed by atoms with Crippen LogP contribution >= 0.6 is 0 Å². The van der Waals surface area contributed by atoms with Crippen LogP contribution in [0.15, 0.2) is 42.5 Å². The third-order valence-electron chi connectivity index (χ3n) is 4.17. The van der Waals surface area contributed by atoms with Crippen LogP contribution in [0.4, 0.5) is 11.4 Å². The molecule has 0 fully saturated rings. The van der Waals surface area contributed by atoms with E-state index in [-0.39, 0.29) is 0 Å². The minimum atomic E-state index is 0.593. The first-order valence-electron chi connectivity index (χ1n) is 7.45. The van der Waals surface area contributed by atoms with Gasteiger partial charge < -0.3 is 10.6 Å². The second-order valence-corrected chi connectivity index (χ2v) is 5.52.